The summed E-state index contributed by atoms with van der Waals surface area (Å²) in [5, 5.41) is 3.42. The van der Waals surface area contributed by atoms with E-state index in [9.17, 15) is 4.79 Å². The summed E-state index contributed by atoms with van der Waals surface area (Å²) in [5.74, 6) is 0.280. The molecule has 1 saturated carbocycles. The first-order valence-electron chi connectivity index (χ1n) is 6.10. The van der Waals surface area contributed by atoms with Crippen LogP contribution in [0.3, 0.4) is 0 Å². The van der Waals surface area contributed by atoms with Gasteiger partial charge in [-0.1, -0.05) is 6.92 Å². The predicted octanol–water partition coefficient (Wildman–Crippen LogP) is 1.83. The van der Waals surface area contributed by atoms with Crippen LogP contribution in [0.4, 0.5) is 0 Å². The van der Waals surface area contributed by atoms with Gasteiger partial charge < -0.3 is 4.90 Å². The molecular weight excluding hydrogens is 220 g/mol. The van der Waals surface area contributed by atoms with Gasteiger partial charge in [0.05, 0.1) is 11.7 Å². The summed E-state index contributed by atoms with van der Waals surface area (Å²) >= 11 is 1.92. The summed E-state index contributed by atoms with van der Waals surface area (Å²) in [7, 11) is 0. The Hall–Kier alpha value is -0.220. The van der Waals surface area contributed by atoms with Gasteiger partial charge in [0.1, 0.15) is 0 Å². The molecule has 3 nitrogen and oxygen atoms in total. The van der Waals surface area contributed by atoms with E-state index in [4.69, 9.17) is 0 Å². The minimum Gasteiger partial charge on any atom is -0.324 e. The van der Waals surface area contributed by atoms with E-state index in [2.05, 4.69) is 25.4 Å². The van der Waals surface area contributed by atoms with Crippen LogP contribution in [0.15, 0.2) is 0 Å². The summed E-state index contributed by atoms with van der Waals surface area (Å²) in [4.78, 5) is 14.4. The smallest absolute Gasteiger partial charge is 0.243 e. The third-order valence-electron chi connectivity index (χ3n) is 4.13. The standard InChI is InChI=1S/C12H22N2OS/c1-5-11(3)10(15)14(9(2)13-11)8-12(16-4)6-7-12/h9,13H,5-8H2,1-4H3. The molecule has 2 fully saturated rings. The van der Waals surface area contributed by atoms with Crippen LogP contribution >= 0.6 is 11.8 Å². The number of carbonyl (C=O) groups excluding carboxylic acids is 1. The molecular formula is C12H22N2OS. The molecule has 2 rings (SSSR count). The molecule has 0 spiro atoms. The number of rotatable bonds is 4. The fourth-order valence-electron chi connectivity index (χ4n) is 2.43. The lowest BCUT2D eigenvalue weighted by Crippen LogP contribution is -2.43. The lowest BCUT2D eigenvalue weighted by Gasteiger charge is -2.26. The maximum absolute atomic E-state index is 12.3. The highest BCUT2D eigenvalue weighted by Gasteiger charge is 2.51. The van der Waals surface area contributed by atoms with Gasteiger partial charge in [0.2, 0.25) is 5.91 Å². The van der Waals surface area contributed by atoms with Crippen LogP contribution in [0.1, 0.15) is 40.0 Å². The molecule has 2 unspecified atom stereocenters. The average Bonchev–Trinajstić information content (AvgIpc) is 3.01. The van der Waals surface area contributed by atoms with Crippen LogP contribution in [-0.2, 0) is 4.79 Å². The molecule has 16 heavy (non-hydrogen) atoms. The van der Waals surface area contributed by atoms with E-state index in [0.717, 1.165) is 13.0 Å². The number of hydrogen-bond donors (Lipinski definition) is 1. The van der Waals surface area contributed by atoms with Gasteiger partial charge in [0.15, 0.2) is 0 Å². The summed E-state index contributed by atoms with van der Waals surface area (Å²) in [6.45, 7) is 7.10. The molecule has 4 heteroatoms. The van der Waals surface area contributed by atoms with Crippen LogP contribution in [0.2, 0.25) is 0 Å². The molecule has 92 valence electrons. The third kappa shape index (κ3) is 1.86. The van der Waals surface area contributed by atoms with Crippen molar-refractivity contribution >= 4 is 17.7 Å². The van der Waals surface area contributed by atoms with Gasteiger partial charge in [-0.05, 0) is 39.4 Å². The normalized spacial score (nSPS) is 36.9. The highest BCUT2D eigenvalue weighted by molar-refractivity contribution is 8.00. The second-order valence-corrected chi connectivity index (χ2v) is 6.60. The number of hydrogen-bond acceptors (Lipinski definition) is 3. The van der Waals surface area contributed by atoms with Gasteiger partial charge in [-0.3, -0.25) is 10.1 Å². The van der Waals surface area contributed by atoms with Crippen molar-refractivity contribution < 1.29 is 4.79 Å². The highest BCUT2D eigenvalue weighted by atomic mass is 32.2. The van der Waals surface area contributed by atoms with E-state index in [1.54, 1.807) is 0 Å². The van der Waals surface area contributed by atoms with Gasteiger partial charge in [-0.2, -0.15) is 11.8 Å². The van der Waals surface area contributed by atoms with Crippen LogP contribution < -0.4 is 5.32 Å². The van der Waals surface area contributed by atoms with Crippen LogP contribution in [0.5, 0.6) is 0 Å². The van der Waals surface area contributed by atoms with Crippen LogP contribution in [0, 0.1) is 0 Å². The van der Waals surface area contributed by atoms with Crippen molar-refractivity contribution in [1.82, 2.24) is 10.2 Å². The third-order valence-corrected chi connectivity index (χ3v) is 5.54. The van der Waals surface area contributed by atoms with Gasteiger partial charge in [0, 0.05) is 11.3 Å². The monoisotopic (exact) mass is 242 g/mol. The zero-order valence-corrected chi connectivity index (χ0v) is 11.5. The zero-order valence-electron chi connectivity index (χ0n) is 10.7. The summed E-state index contributed by atoms with van der Waals surface area (Å²) in [6, 6.07) is 0. The molecule has 1 saturated heterocycles. The van der Waals surface area contributed by atoms with Gasteiger partial charge >= 0.3 is 0 Å². The molecule has 2 aliphatic rings. The van der Waals surface area contributed by atoms with E-state index < -0.39 is 0 Å². The quantitative estimate of drug-likeness (QED) is 0.816. The van der Waals surface area contributed by atoms with Crippen molar-refractivity contribution in [1.29, 1.82) is 0 Å². The molecule has 1 amide bonds. The van der Waals surface area contributed by atoms with E-state index >= 15 is 0 Å². The SMILES string of the molecule is CCC1(C)NC(C)N(CC2(SC)CC2)C1=O. The van der Waals surface area contributed by atoms with Gasteiger partial charge in [-0.25, -0.2) is 0 Å². The van der Waals surface area contributed by atoms with Gasteiger partial charge in [-0.15, -0.1) is 0 Å². The first-order chi connectivity index (χ1) is 7.46. The Labute approximate surface area is 102 Å². The number of amides is 1. The molecule has 0 aromatic rings. The van der Waals surface area contributed by atoms with Crippen molar-refractivity contribution in [3.63, 3.8) is 0 Å². The summed E-state index contributed by atoms with van der Waals surface area (Å²) < 4.78 is 0.366. The first kappa shape index (κ1) is 12.2. The van der Waals surface area contributed by atoms with E-state index in [0.29, 0.717) is 4.75 Å². The molecule has 0 bridgehead atoms. The predicted molar refractivity (Wildman–Crippen MR) is 68.5 cm³/mol. The number of nitrogens with one attached hydrogen (secondary N) is 1. The second kappa shape index (κ2) is 3.91. The minimum atomic E-state index is -0.339. The van der Waals surface area contributed by atoms with Crippen molar-refractivity contribution in [3.05, 3.63) is 0 Å². The first-order valence-corrected chi connectivity index (χ1v) is 7.33. The topological polar surface area (TPSA) is 32.3 Å². The zero-order chi connectivity index (χ0) is 12.0. The Bertz CT molecular complexity index is 303. The Morgan fingerprint density at radius 1 is 1.56 bits per heavy atom. The van der Waals surface area contributed by atoms with Crippen molar-refractivity contribution in [2.24, 2.45) is 0 Å². The average molecular weight is 242 g/mol. The number of carbonyl (C=O) groups is 1. The van der Waals surface area contributed by atoms with E-state index in [-0.39, 0.29) is 17.6 Å². The Morgan fingerprint density at radius 2 is 2.19 bits per heavy atom. The fraction of sp³-hybridized carbons (Fsp3) is 0.917. The van der Waals surface area contributed by atoms with Crippen molar-refractivity contribution in [2.45, 2.75) is 56.5 Å². The molecule has 1 heterocycles. The maximum atomic E-state index is 12.3. The molecule has 0 aromatic heterocycles. The van der Waals surface area contributed by atoms with Crippen molar-refractivity contribution in [3.8, 4) is 0 Å². The number of nitrogens with zero attached hydrogens (tertiary/aromatic N) is 1. The van der Waals surface area contributed by atoms with E-state index in [1.807, 2.05) is 23.6 Å². The summed E-state index contributed by atoms with van der Waals surface area (Å²) in [6.07, 6.45) is 5.71. The molecule has 1 aliphatic heterocycles. The number of thioether (sulfide) groups is 1. The van der Waals surface area contributed by atoms with Crippen molar-refractivity contribution in [2.75, 3.05) is 12.8 Å². The fourth-order valence-corrected chi connectivity index (χ4v) is 3.21. The maximum Gasteiger partial charge on any atom is 0.243 e. The molecule has 0 aromatic carbocycles. The minimum absolute atomic E-state index is 0.182. The molecule has 0 radical (unpaired) electrons. The molecule has 1 aliphatic carbocycles. The van der Waals surface area contributed by atoms with Gasteiger partial charge in [0.25, 0.3) is 0 Å². The lowest BCUT2D eigenvalue weighted by atomic mass is 9.99. The molecule has 1 N–H and O–H groups in total. The second-order valence-electron chi connectivity index (χ2n) is 5.33. The lowest BCUT2D eigenvalue weighted by molar-refractivity contribution is -0.132. The van der Waals surface area contributed by atoms with Crippen LogP contribution in [0.25, 0.3) is 0 Å². The van der Waals surface area contributed by atoms with Crippen LogP contribution in [-0.4, -0.2) is 40.1 Å². The van der Waals surface area contributed by atoms with E-state index in [1.165, 1.54) is 12.8 Å². The Kier molecular flexibility index (Phi) is 2.99. The largest absolute Gasteiger partial charge is 0.324 e. The molecule has 2 atom stereocenters. The Morgan fingerprint density at radius 3 is 2.56 bits per heavy atom. The highest BCUT2D eigenvalue weighted by Crippen LogP contribution is 2.48. The Balaban J connectivity index is 2.08. The summed E-state index contributed by atoms with van der Waals surface area (Å²) in [5.41, 5.74) is -0.339.